The van der Waals surface area contributed by atoms with Crippen LogP contribution in [0.4, 0.5) is 0 Å². The number of nitrogens with zero attached hydrogens (tertiary/aromatic N) is 5. The van der Waals surface area contributed by atoms with Crippen LogP contribution in [0.1, 0.15) is 18.2 Å². The van der Waals surface area contributed by atoms with Crippen LogP contribution in [0, 0.1) is 0 Å². The number of aromatic nitrogens is 1. The Balaban J connectivity index is 1.30. The summed E-state index contributed by atoms with van der Waals surface area (Å²) in [5.74, 6) is 0.161. The maximum absolute atomic E-state index is 12.6. The predicted molar refractivity (Wildman–Crippen MR) is 123 cm³/mol. The summed E-state index contributed by atoms with van der Waals surface area (Å²) in [5.41, 5.74) is 3.24. The first-order valence-corrected chi connectivity index (χ1v) is 11.8. The largest absolute Gasteiger partial charge is 0.339 e. The summed E-state index contributed by atoms with van der Waals surface area (Å²) in [5, 5.41) is 2.94. The molecule has 0 atom stereocenters. The van der Waals surface area contributed by atoms with Crippen molar-refractivity contribution in [2.75, 3.05) is 59.4 Å². The van der Waals surface area contributed by atoms with Gasteiger partial charge in [-0.05, 0) is 12.6 Å². The van der Waals surface area contributed by atoms with Crippen LogP contribution < -0.4 is 0 Å². The standard InChI is InChI=1S/C23H31N5O2S/c1-18(29)27-11-13-28(14-12-27)22(30)15-21-17-31-23(24-21)20-5-3-19(4-6-20)16-26-9-7-25(2)8-10-26/h3-6,17H,7-16H2,1-2H3. The normalized spacial score (nSPS) is 18.4. The summed E-state index contributed by atoms with van der Waals surface area (Å²) in [6.07, 6.45) is 0.318. The number of piperazine rings is 2. The van der Waals surface area contributed by atoms with Gasteiger partial charge in [0.1, 0.15) is 5.01 Å². The molecule has 3 heterocycles. The highest BCUT2D eigenvalue weighted by Gasteiger charge is 2.23. The topological polar surface area (TPSA) is 60.0 Å². The Labute approximate surface area is 188 Å². The number of amides is 2. The van der Waals surface area contributed by atoms with Crippen LogP contribution in [0.15, 0.2) is 29.6 Å². The molecule has 2 saturated heterocycles. The highest BCUT2D eigenvalue weighted by molar-refractivity contribution is 7.13. The second-order valence-electron chi connectivity index (χ2n) is 8.48. The molecule has 2 aliphatic heterocycles. The number of benzene rings is 1. The van der Waals surface area contributed by atoms with Gasteiger partial charge >= 0.3 is 0 Å². The van der Waals surface area contributed by atoms with E-state index in [1.807, 2.05) is 10.3 Å². The third-order valence-corrected chi connectivity index (χ3v) is 7.10. The number of hydrogen-bond donors (Lipinski definition) is 0. The van der Waals surface area contributed by atoms with Crippen LogP contribution in [-0.2, 0) is 22.6 Å². The van der Waals surface area contributed by atoms with Gasteiger partial charge in [0.2, 0.25) is 11.8 Å². The van der Waals surface area contributed by atoms with E-state index in [1.54, 1.807) is 23.2 Å². The summed E-state index contributed by atoms with van der Waals surface area (Å²) in [6, 6.07) is 8.65. The van der Waals surface area contributed by atoms with Gasteiger partial charge in [-0.2, -0.15) is 0 Å². The van der Waals surface area contributed by atoms with E-state index < -0.39 is 0 Å². The van der Waals surface area contributed by atoms with Crippen molar-refractivity contribution in [3.05, 3.63) is 40.9 Å². The Bertz CT molecular complexity index is 897. The SMILES string of the molecule is CC(=O)N1CCN(C(=O)Cc2csc(-c3ccc(CN4CCN(C)CC4)cc3)n2)CC1. The van der Waals surface area contributed by atoms with Crippen LogP contribution in [-0.4, -0.2) is 95.8 Å². The summed E-state index contributed by atoms with van der Waals surface area (Å²) in [6.45, 7) is 9.49. The monoisotopic (exact) mass is 441 g/mol. The lowest BCUT2D eigenvalue weighted by molar-refractivity contribution is -0.138. The number of likely N-dealkylation sites (N-methyl/N-ethyl adjacent to an activating group) is 1. The van der Waals surface area contributed by atoms with Gasteiger partial charge in [0.05, 0.1) is 12.1 Å². The fourth-order valence-electron chi connectivity index (χ4n) is 4.08. The van der Waals surface area contributed by atoms with E-state index in [4.69, 9.17) is 4.98 Å². The Morgan fingerprint density at radius 1 is 0.935 bits per heavy atom. The molecule has 31 heavy (non-hydrogen) atoms. The minimum absolute atomic E-state index is 0.0748. The molecular weight excluding hydrogens is 410 g/mol. The maximum Gasteiger partial charge on any atom is 0.228 e. The molecule has 1 aromatic heterocycles. The van der Waals surface area contributed by atoms with Crippen LogP contribution in [0.25, 0.3) is 10.6 Å². The number of carbonyl (C=O) groups excluding carboxylic acids is 2. The molecule has 7 nitrogen and oxygen atoms in total. The van der Waals surface area contributed by atoms with Crippen molar-refractivity contribution in [3.63, 3.8) is 0 Å². The highest BCUT2D eigenvalue weighted by atomic mass is 32.1. The second-order valence-corrected chi connectivity index (χ2v) is 9.34. The Morgan fingerprint density at radius 3 is 2.23 bits per heavy atom. The van der Waals surface area contributed by atoms with Crippen LogP contribution in [0.5, 0.6) is 0 Å². The van der Waals surface area contributed by atoms with Gasteiger partial charge < -0.3 is 14.7 Å². The smallest absolute Gasteiger partial charge is 0.228 e. The van der Waals surface area contributed by atoms with Crippen molar-refractivity contribution in [1.82, 2.24) is 24.6 Å². The first kappa shape index (κ1) is 21.9. The number of hydrogen-bond acceptors (Lipinski definition) is 6. The van der Waals surface area contributed by atoms with E-state index in [2.05, 4.69) is 41.1 Å². The molecular formula is C23H31N5O2S. The van der Waals surface area contributed by atoms with E-state index in [0.29, 0.717) is 32.6 Å². The van der Waals surface area contributed by atoms with Gasteiger partial charge in [0, 0.05) is 76.8 Å². The predicted octanol–water partition coefficient (Wildman–Crippen LogP) is 1.79. The molecule has 4 rings (SSSR count). The lowest BCUT2D eigenvalue weighted by Gasteiger charge is -2.34. The lowest BCUT2D eigenvalue weighted by Crippen LogP contribution is -2.50. The third kappa shape index (κ3) is 5.70. The van der Waals surface area contributed by atoms with Gasteiger partial charge in [-0.15, -0.1) is 11.3 Å². The Kier molecular flexibility index (Phi) is 6.99. The van der Waals surface area contributed by atoms with Gasteiger partial charge in [-0.1, -0.05) is 24.3 Å². The zero-order chi connectivity index (χ0) is 21.8. The van der Waals surface area contributed by atoms with Crippen molar-refractivity contribution in [1.29, 1.82) is 0 Å². The van der Waals surface area contributed by atoms with Crippen molar-refractivity contribution in [2.45, 2.75) is 19.9 Å². The maximum atomic E-state index is 12.6. The lowest BCUT2D eigenvalue weighted by atomic mass is 10.1. The molecule has 0 unspecified atom stereocenters. The summed E-state index contributed by atoms with van der Waals surface area (Å²) in [4.78, 5) is 37.3. The summed E-state index contributed by atoms with van der Waals surface area (Å²) < 4.78 is 0. The number of carbonyl (C=O) groups is 2. The summed E-state index contributed by atoms with van der Waals surface area (Å²) in [7, 11) is 2.18. The first-order valence-electron chi connectivity index (χ1n) is 11.0. The molecule has 0 saturated carbocycles. The fraction of sp³-hybridized carbons (Fsp3) is 0.522. The van der Waals surface area contributed by atoms with Gasteiger partial charge in [-0.3, -0.25) is 14.5 Å². The second kappa shape index (κ2) is 9.89. The molecule has 166 valence electrons. The van der Waals surface area contributed by atoms with Crippen molar-refractivity contribution < 1.29 is 9.59 Å². The molecule has 8 heteroatoms. The molecule has 1 aromatic carbocycles. The van der Waals surface area contributed by atoms with E-state index in [9.17, 15) is 9.59 Å². The Hall–Kier alpha value is -2.29. The zero-order valence-electron chi connectivity index (χ0n) is 18.4. The van der Waals surface area contributed by atoms with Crippen LogP contribution in [0.3, 0.4) is 0 Å². The fourth-order valence-corrected chi connectivity index (χ4v) is 4.90. The van der Waals surface area contributed by atoms with Crippen LogP contribution >= 0.6 is 11.3 Å². The van der Waals surface area contributed by atoms with Crippen LogP contribution in [0.2, 0.25) is 0 Å². The van der Waals surface area contributed by atoms with Gasteiger partial charge in [0.15, 0.2) is 0 Å². The number of rotatable bonds is 5. The quantitative estimate of drug-likeness (QED) is 0.708. The molecule has 2 aliphatic rings. The van der Waals surface area contributed by atoms with Gasteiger partial charge in [0.25, 0.3) is 0 Å². The van der Waals surface area contributed by atoms with E-state index in [1.165, 1.54) is 5.56 Å². The molecule has 2 fully saturated rings. The highest BCUT2D eigenvalue weighted by Crippen LogP contribution is 2.25. The van der Waals surface area contributed by atoms with Crippen molar-refractivity contribution in [3.8, 4) is 10.6 Å². The van der Waals surface area contributed by atoms with E-state index >= 15 is 0 Å². The minimum Gasteiger partial charge on any atom is -0.339 e. The molecule has 2 aromatic rings. The molecule has 0 N–H and O–H groups in total. The third-order valence-electron chi connectivity index (χ3n) is 6.16. The molecule has 0 aliphatic carbocycles. The minimum atomic E-state index is 0.0748. The Morgan fingerprint density at radius 2 is 1.58 bits per heavy atom. The molecule has 0 radical (unpaired) electrons. The van der Waals surface area contributed by atoms with E-state index in [0.717, 1.165) is 49.0 Å². The summed E-state index contributed by atoms with van der Waals surface area (Å²) >= 11 is 1.59. The zero-order valence-corrected chi connectivity index (χ0v) is 19.2. The number of thiazole rings is 1. The van der Waals surface area contributed by atoms with Gasteiger partial charge in [-0.25, -0.2) is 4.98 Å². The molecule has 0 bridgehead atoms. The molecule has 0 spiro atoms. The molecule has 2 amide bonds. The van der Waals surface area contributed by atoms with Crippen molar-refractivity contribution in [2.24, 2.45) is 0 Å². The van der Waals surface area contributed by atoms with E-state index in [-0.39, 0.29) is 11.8 Å². The average molecular weight is 442 g/mol. The van der Waals surface area contributed by atoms with Crippen molar-refractivity contribution >= 4 is 23.2 Å². The first-order chi connectivity index (χ1) is 15.0. The average Bonchev–Trinajstić information content (AvgIpc) is 3.24.